The summed E-state index contributed by atoms with van der Waals surface area (Å²) in [6.45, 7) is 7.51. The quantitative estimate of drug-likeness (QED) is 0.597. The van der Waals surface area contributed by atoms with Crippen molar-refractivity contribution in [3.63, 3.8) is 0 Å². The minimum atomic E-state index is -0.650. The molecule has 0 spiro atoms. The summed E-state index contributed by atoms with van der Waals surface area (Å²) in [7, 11) is 0. The summed E-state index contributed by atoms with van der Waals surface area (Å²) in [5, 5.41) is 2.59. The van der Waals surface area contributed by atoms with Crippen molar-refractivity contribution in [1.82, 2.24) is 5.32 Å². The molecule has 0 aromatic rings. The molecule has 0 heterocycles. The first-order chi connectivity index (χ1) is 7.31. The second-order valence-corrected chi connectivity index (χ2v) is 4.54. The van der Waals surface area contributed by atoms with Gasteiger partial charge in [-0.25, -0.2) is 0 Å². The fourth-order valence-corrected chi connectivity index (χ4v) is 1.33. The molecule has 0 aliphatic heterocycles. The molecule has 5 nitrogen and oxygen atoms in total. The van der Waals surface area contributed by atoms with E-state index in [1.54, 1.807) is 0 Å². The highest BCUT2D eigenvalue weighted by Gasteiger charge is 2.26. The molecule has 0 aromatic carbocycles. The van der Waals surface area contributed by atoms with Gasteiger partial charge >= 0.3 is 0 Å². The molecule has 0 rings (SSSR count). The van der Waals surface area contributed by atoms with Gasteiger partial charge in [0.05, 0.1) is 6.04 Å². The Hall–Kier alpha value is -1.10. The lowest BCUT2D eigenvalue weighted by molar-refractivity contribution is -0.129. The van der Waals surface area contributed by atoms with E-state index in [0.717, 1.165) is 6.42 Å². The van der Waals surface area contributed by atoms with E-state index < -0.39 is 18.0 Å². The number of nitrogens with two attached hydrogens (primary N) is 2. The number of primary amides is 1. The van der Waals surface area contributed by atoms with E-state index in [2.05, 4.69) is 5.32 Å². The minimum absolute atomic E-state index is 0.0365. The SMILES string of the molecule is CCC(C)[C@H](N)C(=O)NC(C(N)=O)C(C)C. The van der Waals surface area contributed by atoms with Gasteiger partial charge in [0.2, 0.25) is 11.8 Å². The Kier molecular flexibility index (Phi) is 6.03. The van der Waals surface area contributed by atoms with Crippen molar-refractivity contribution < 1.29 is 9.59 Å². The Morgan fingerprint density at radius 1 is 1.25 bits per heavy atom. The monoisotopic (exact) mass is 229 g/mol. The van der Waals surface area contributed by atoms with Gasteiger partial charge in [-0.2, -0.15) is 0 Å². The second-order valence-electron chi connectivity index (χ2n) is 4.54. The summed E-state index contributed by atoms with van der Waals surface area (Å²) in [4.78, 5) is 22.8. The summed E-state index contributed by atoms with van der Waals surface area (Å²) in [6.07, 6.45) is 0.817. The Morgan fingerprint density at radius 2 is 1.75 bits per heavy atom. The maximum Gasteiger partial charge on any atom is 0.240 e. The zero-order chi connectivity index (χ0) is 12.9. The topological polar surface area (TPSA) is 98.2 Å². The van der Waals surface area contributed by atoms with Crippen molar-refractivity contribution in [2.45, 2.75) is 46.2 Å². The van der Waals surface area contributed by atoms with E-state index in [0.29, 0.717) is 0 Å². The number of carbonyl (C=O) groups is 2. The van der Waals surface area contributed by atoms with E-state index in [4.69, 9.17) is 11.5 Å². The first-order valence-electron chi connectivity index (χ1n) is 5.66. The Bertz CT molecular complexity index is 254. The van der Waals surface area contributed by atoms with E-state index >= 15 is 0 Å². The Morgan fingerprint density at radius 3 is 2.06 bits per heavy atom. The molecular weight excluding hydrogens is 206 g/mol. The van der Waals surface area contributed by atoms with Crippen molar-refractivity contribution in [2.24, 2.45) is 23.3 Å². The molecule has 5 heteroatoms. The number of hydrogen-bond acceptors (Lipinski definition) is 3. The number of amides is 2. The van der Waals surface area contributed by atoms with Crippen LogP contribution >= 0.6 is 0 Å². The van der Waals surface area contributed by atoms with Crippen LogP contribution in [0.4, 0.5) is 0 Å². The van der Waals surface area contributed by atoms with Crippen LogP contribution in [-0.2, 0) is 9.59 Å². The van der Waals surface area contributed by atoms with Crippen LogP contribution < -0.4 is 16.8 Å². The molecule has 0 radical (unpaired) electrons. The summed E-state index contributed by atoms with van der Waals surface area (Å²) in [5.74, 6) is -0.794. The van der Waals surface area contributed by atoms with Gasteiger partial charge in [0, 0.05) is 0 Å². The standard InChI is InChI=1S/C11H23N3O2/c1-5-7(4)8(12)11(16)14-9(6(2)3)10(13)15/h6-9H,5,12H2,1-4H3,(H2,13,15)(H,14,16)/t7?,8-,9?/m0/s1. The highest BCUT2D eigenvalue weighted by Crippen LogP contribution is 2.07. The molecule has 2 unspecified atom stereocenters. The summed E-state index contributed by atoms with van der Waals surface area (Å²) >= 11 is 0. The Labute approximate surface area is 96.9 Å². The van der Waals surface area contributed by atoms with Crippen LogP contribution in [0, 0.1) is 11.8 Å². The maximum absolute atomic E-state index is 11.7. The van der Waals surface area contributed by atoms with Gasteiger partial charge in [-0.3, -0.25) is 9.59 Å². The Balaban J connectivity index is 4.46. The molecule has 16 heavy (non-hydrogen) atoms. The van der Waals surface area contributed by atoms with E-state index in [1.165, 1.54) is 0 Å². The molecule has 0 aliphatic carbocycles. The van der Waals surface area contributed by atoms with Gasteiger partial charge < -0.3 is 16.8 Å². The molecule has 0 fully saturated rings. The molecule has 3 atom stereocenters. The predicted octanol–water partition coefficient (Wildman–Crippen LogP) is -0.0141. The molecular formula is C11H23N3O2. The first-order valence-corrected chi connectivity index (χ1v) is 5.66. The van der Waals surface area contributed by atoms with Crippen LogP contribution in [-0.4, -0.2) is 23.9 Å². The van der Waals surface area contributed by atoms with Crippen molar-refractivity contribution in [2.75, 3.05) is 0 Å². The lowest BCUT2D eigenvalue weighted by Gasteiger charge is -2.23. The highest BCUT2D eigenvalue weighted by molar-refractivity contribution is 5.89. The van der Waals surface area contributed by atoms with Gasteiger partial charge in [-0.15, -0.1) is 0 Å². The number of hydrogen-bond donors (Lipinski definition) is 3. The molecule has 0 saturated carbocycles. The lowest BCUT2D eigenvalue weighted by atomic mass is 9.97. The zero-order valence-corrected chi connectivity index (χ0v) is 10.5. The third-order valence-corrected chi connectivity index (χ3v) is 2.83. The van der Waals surface area contributed by atoms with Crippen LogP contribution in [0.25, 0.3) is 0 Å². The summed E-state index contributed by atoms with van der Waals surface area (Å²) in [6, 6.07) is -1.24. The normalized spacial score (nSPS) is 16.6. The van der Waals surface area contributed by atoms with E-state index in [-0.39, 0.29) is 17.7 Å². The zero-order valence-electron chi connectivity index (χ0n) is 10.5. The second kappa shape index (κ2) is 6.48. The van der Waals surface area contributed by atoms with Crippen LogP contribution in [0.5, 0.6) is 0 Å². The average molecular weight is 229 g/mol. The molecule has 5 N–H and O–H groups in total. The number of rotatable bonds is 6. The van der Waals surface area contributed by atoms with Crippen molar-refractivity contribution in [3.8, 4) is 0 Å². The average Bonchev–Trinajstić information content (AvgIpc) is 2.22. The molecule has 2 amide bonds. The molecule has 0 aromatic heterocycles. The summed E-state index contributed by atoms with van der Waals surface area (Å²) in [5.41, 5.74) is 11.0. The smallest absolute Gasteiger partial charge is 0.240 e. The van der Waals surface area contributed by atoms with Gasteiger partial charge in [0.15, 0.2) is 0 Å². The maximum atomic E-state index is 11.7. The first kappa shape index (κ1) is 14.9. The largest absolute Gasteiger partial charge is 0.368 e. The molecule has 0 aliphatic rings. The van der Waals surface area contributed by atoms with E-state index in [9.17, 15) is 9.59 Å². The highest BCUT2D eigenvalue weighted by atomic mass is 16.2. The van der Waals surface area contributed by atoms with Crippen LogP contribution in [0.15, 0.2) is 0 Å². The van der Waals surface area contributed by atoms with Crippen molar-refractivity contribution in [1.29, 1.82) is 0 Å². The van der Waals surface area contributed by atoms with Gasteiger partial charge in [-0.05, 0) is 11.8 Å². The summed E-state index contributed by atoms with van der Waals surface area (Å²) < 4.78 is 0. The fourth-order valence-electron chi connectivity index (χ4n) is 1.33. The third-order valence-electron chi connectivity index (χ3n) is 2.83. The van der Waals surface area contributed by atoms with Gasteiger partial charge in [0.25, 0.3) is 0 Å². The number of nitrogens with one attached hydrogen (secondary N) is 1. The van der Waals surface area contributed by atoms with Gasteiger partial charge in [-0.1, -0.05) is 34.1 Å². The van der Waals surface area contributed by atoms with Gasteiger partial charge in [0.1, 0.15) is 6.04 Å². The minimum Gasteiger partial charge on any atom is -0.368 e. The lowest BCUT2D eigenvalue weighted by Crippen LogP contribution is -2.54. The number of carbonyl (C=O) groups excluding carboxylic acids is 2. The van der Waals surface area contributed by atoms with Crippen LogP contribution in [0.1, 0.15) is 34.1 Å². The third kappa shape index (κ3) is 4.18. The predicted molar refractivity (Wildman–Crippen MR) is 63.4 cm³/mol. The molecule has 0 bridgehead atoms. The fraction of sp³-hybridized carbons (Fsp3) is 0.818. The van der Waals surface area contributed by atoms with Crippen molar-refractivity contribution in [3.05, 3.63) is 0 Å². The van der Waals surface area contributed by atoms with Crippen molar-refractivity contribution >= 4 is 11.8 Å². The van der Waals surface area contributed by atoms with Crippen LogP contribution in [0.2, 0.25) is 0 Å². The van der Waals surface area contributed by atoms with E-state index in [1.807, 2.05) is 27.7 Å². The molecule has 94 valence electrons. The molecule has 0 saturated heterocycles. The van der Waals surface area contributed by atoms with Crippen LogP contribution in [0.3, 0.4) is 0 Å².